The summed E-state index contributed by atoms with van der Waals surface area (Å²) in [5, 5.41) is 0. The highest BCUT2D eigenvalue weighted by molar-refractivity contribution is 5.02. The molecule has 16 saturated carbocycles. The summed E-state index contributed by atoms with van der Waals surface area (Å²) in [5.74, 6) is 9.70. The molecule has 93 heavy (non-hydrogen) atoms. The van der Waals surface area contributed by atoms with E-state index in [1.807, 2.05) is 69.2 Å². The molecule has 0 nitrogen and oxygen atoms in total. The van der Waals surface area contributed by atoms with Crippen molar-refractivity contribution in [2.75, 3.05) is 0 Å². The molecule has 16 aliphatic carbocycles. The van der Waals surface area contributed by atoms with E-state index in [1.165, 1.54) is 148 Å². The molecule has 0 amide bonds. The number of hydrogen-bond donors (Lipinski definition) is 0. The Morgan fingerprint density at radius 2 is 0.613 bits per heavy atom. The minimum atomic E-state index is -1.06. The van der Waals surface area contributed by atoms with Gasteiger partial charge in [0, 0.05) is 9.60 Å². The Kier molecular flexibility index (Phi) is 32.9. The summed E-state index contributed by atoms with van der Waals surface area (Å²) in [6, 6.07) is 0. The molecule has 16 fully saturated rings. The zero-order valence-electron chi connectivity index (χ0n) is 75.5. The molecule has 0 heterocycles. The first kappa shape index (κ1) is 74.2. The zero-order chi connectivity index (χ0) is 75.5. The molecule has 0 aromatic carbocycles. The van der Waals surface area contributed by atoms with Crippen molar-refractivity contribution in [3.05, 3.63) is 0 Å². The monoisotopic (exact) mass is 1300 g/mol. The summed E-state index contributed by atoms with van der Waals surface area (Å²) < 4.78 is 50.7. The standard InChI is InChI=1S/C14H26.C12H20.C12H22.C11H18.C11H20.C7H14.C6H12.C6H14.2C5H12.C4H10/c1-12-4-6-14(7-5-12)10-8-13(2,3)9-11-14;1-2-12-6-9-3-10(7-12)5-11(4-9)8-12;1-11-5-9-12(10-6-11)7-3-2-4-8-12;1-11-5-8-2-9(6-11)4-10(3-8)7-11;1-10-4-8-11(9-5-10)6-2-3-7-11;1-7-5-3-2-4-6-7;1-6-4-2-3-5-6;1-5-6(2,3)4;1-5(2,3)4;1-4-5(2)3;1-4(2)3/h12H,4-11H2,1-3H3;9-11H,2-8H2,1H3;11H,2-10H2,1H3;8-10H,2-7H2,1H3;10H,2-9H2,1H3;7H,2-6H2,1H3;6H,2-5H2,1H3;5H2,1-4H3;1-4H3;5H,4H2,1-3H3;4H,1-3H3/i;;;;;7D;6D;5D2;;4D2;4D. The van der Waals surface area contributed by atoms with Gasteiger partial charge in [0.05, 0.1) is 0 Å². The van der Waals surface area contributed by atoms with E-state index in [1.54, 1.807) is 142 Å². The lowest BCUT2D eigenvalue weighted by Crippen LogP contribution is -2.45. The normalized spacial score (nSPS) is 34.9. The second-order valence-electron chi connectivity index (χ2n) is 41.6. The van der Waals surface area contributed by atoms with Crippen LogP contribution in [-0.4, -0.2) is 0 Å². The summed E-state index contributed by atoms with van der Waals surface area (Å²) in [6.45, 7) is 48.2. The molecule has 0 heteroatoms. The first-order valence-corrected chi connectivity index (χ1v) is 42.3. The fraction of sp³-hybridized carbons (Fsp3) is 1.00. The highest BCUT2D eigenvalue weighted by Crippen LogP contribution is 2.62. The fourth-order valence-electron chi connectivity index (χ4n) is 20.9. The van der Waals surface area contributed by atoms with Gasteiger partial charge >= 0.3 is 0 Å². The average molecular weight is 1310 g/mol. The maximum absolute atomic E-state index is 7.63. The largest absolute Gasteiger partial charge is 0.0651 e. The molecule has 0 N–H and O–H groups in total. The second-order valence-corrected chi connectivity index (χ2v) is 41.6. The summed E-state index contributed by atoms with van der Waals surface area (Å²) in [4.78, 5) is 0. The molecule has 0 atom stereocenters. The maximum atomic E-state index is 7.63. The van der Waals surface area contributed by atoms with Gasteiger partial charge in [0.15, 0.2) is 0 Å². The molecule has 0 unspecified atom stereocenters. The van der Waals surface area contributed by atoms with Crippen molar-refractivity contribution >= 4 is 0 Å². The second kappa shape index (κ2) is 41.2. The molecule has 16 rings (SSSR count). The van der Waals surface area contributed by atoms with Crippen molar-refractivity contribution in [1.82, 2.24) is 0 Å². The molecular weight excluding hydrogens is 1120 g/mol. The van der Waals surface area contributed by atoms with Gasteiger partial charge in [0.25, 0.3) is 0 Å². The molecule has 0 aliphatic heterocycles. The minimum Gasteiger partial charge on any atom is -0.0651 e. The topological polar surface area (TPSA) is 0 Å². The molecule has 16 aliphatic rings. The van der Waals surface area contributed by atoms with Crippen LogP contribution in [0.3, 0.4) is 0 Å². The van der Waals surface area contributed by atoms with Crippen molar-refractivity contribution in [3.8, 4) is 0 Å². The van der Waals surface area contributed by atoms with E-state index in [2.05, 4.69) is 76.2 Å². The van der Waals surface area contributed by atoms with Gasteiger partial charge in [-0.15, -0.1) is 0 Å². The van der Waals surface area contributed by atoms with Gasteiger partial charge in [-0.25, -0.2) is 0 Å². The van der Waals surface area contributed by atoms with Crippen LogP contribution in [0, 0.1) is 120 Å². The molecule has 552 valence electrons. The Morgan fingerprint density at radius 1 is 0.376 bits per heavy atom. The van der Waals surface area contributed by atoms with Gasteiger partial charge in [0.1, 0.15) is 0 Å². The van der Waals surface area contributed by atoms with E-state index in [9.17, 15) is 0 Å². The SMILES string of the molecule is CC(C)(C)C.CC12CC3CC(CC(C3)C1)C2.CC1CCC2(CC1)CCC(C)(C)CC2.CC1CCC2(CCCC2)CC1.CC1CCC2(CCCCC2)CC1.CCC12CC3CC(CC(C3)C1)C2.[2H]C(C)(C)C.[2H]C([2H])(C)C(C)(C)C.[2H]C([2H])(C)C(C)C.[2H]C1(C)CCCC1.[2H]C1(C)CCCCC1. The van der Waals surface area contributed by atoms with E-state index in [-0.39, 0.29) is 29.0 Å². The smallest absolute Gasteiger partial charge is 0.0300 e. The quantitative estimate of drug-likeness (QED) is 0.259. The van der Waals surface area contributed by atoms with Crippen LogP contribution in [0.5, 0.6) is 0 Å². The third-order valence-corrected chi connectivity index (χ3v) is 27.0. The van der Waals surface area contributed by atoms with Crippen LogP contribution in [0.1, 0.15) is 483 Å². The van der Waals surface area contributed by atoms with Crippen LogP contribution in [0.25, 0.3) is 0 Å². The van der Waals surface area contributed by atoms with Gasteiger partial charge < -0.3 is 0 Å². The van der Waals surface area contributed by atoms with Crippen molar-refractivity contribution in [2.24, 2.45) is 120 Å². The highest BCUT2D eigenvalue weighted by Gasteiger charge is 2.50. The van der Waals surface area contributed by atoms with Crippen molar-refractivity contribution in [2.45, 2.75) is 474 Å². The predicted molar refractivity (Wildman–Crippen MR) is 422 cm³/mol. The Bertz CT molecular complexity index is 2040. The van der Waals surface area contributed by atoms with Crippen LogP contribution in [0.4, 0.5) is 0 Å². The Morgan fingerprint density at radius 3 is 0.839 bits per heavy atom. The summed E-state index contributed by atoms with van der Waals surface area (Å²) >= 11 is 0. The lowest BCUT2D eigenvalue weighted by Gasteiger charge is -2.56. The highest BCUT2D eigenvalue weighted by atomic mass is 14.6. The molecule has 0 saturated heterocycles. The summed E-state index contributed by atoms with van der Waals surface area (Å²) in [6.07, 6.45) is 67.5. The summed E-state index contributed by atoms with van der Waals surface area (Å²) in [7, 11) is 0. The van der Waals surface area contributed by atoms with E-state index in [0.29, 0.717) is 10.8 Å². The Labute approximate surface area is 600 Å². The first-order valence-electron chi connectivity index (χ1n) is 45.8. The lowest BCUT2D eigenvalue weighted by atomic mass is 9.49. The van der Waals surface area contributed by atoms with E-state index < -0.39 is 12.7 Å². The van der Waals surface area contributed by atoms with E-state index in [0.717, 1.165) is 106 Å². The van der Waals surface area contributed by atoms with Crippen molar-refractivity contribution in [3.63, 3.8) is 0 Å². The number of hydrogen-bond acceptors (Lipinski definition) is 0. The van der Waals surface area contributed by atoms with Crippen LogP contribution >= 0.6 is 0 Å². The maximum Gasteiger partial charge on any atom is 0.0300 e. The molecule has 8 bridgehead atoms. The van der Waals surface area contributed by atoms with E-state index in [4.69, 9.17) is 9.60 Å². The third kappa shape index (κ3) is 35.0. The number of rotatable bonds is 2. The molecule has 0 aromatic heterocycles. The molecule has 3 spiro atoms. The Hall–Kier alpha value is 0. The molecular formula is C93H180. The van der Waals surface area contributed by atoms with Crippen LogP contribution in [0.2, 0.25) is 0 Å². The van der Waals surface area contributed by atoms with Gasteiger partial charge in [-0.2, -0.15) is 0 Å². The van der Waals surface area contributed by atoms with Gasteiger partial charge in [-0.05, 0) is 287 Å². The fourth-order valence-corrected chi connectivity index (χ4v) is 20.9. The van der Waals surface area contributed by atoms with Gasteiger partial charge in [-0.1, -0.05) is 307 Å². The van der Waals surface area contributed by atoms with Gasteiger partial charge in [-0.3, -0.25) is 0 Å². The van der Waals surface area contributed by atoms with E-state index >= 15 is 0 Å². The minimum absolute atomic E-state index is 0.0556. The Balaban J connectivity index is 0.000000237. The predicted octanol–water partition coefficient (Wildman–Crippen LogP) is 32.5. The zero-order valence-corrected chi connectivity index (χ0v) is 68.5. The summed E-state index contributed by atoms with van der Waals surface area (Å²) in [5.41, 5.74) is 5.05. The van der Waals surface area contributed by atoms with Crippen LogP contribution in [-0.2, 0) is 0 Å². The van der Waals surface area contributed by atoms with Crippen LogP contribution < -0.4 is 0 Å². The third-order valence-electron chi connectivity index (χ3n) is 27.0. The lowest BCUT2D eigenvalue weighted by molar-refractivity contribution is -0.0545. The average Bonchev–Trinajstić information content (AvgIpc) is 0.953. The van der Waals surface area contributed by atoms with Crippen LogP contribution in [0.15, 0.2) is 0 Å². The van der Waals surface area contributed by atoms with Crippen molar-refractivity contribution < 1.29 is 9.60 Å². The van der Waals surface area contributed by atoms with Gasteiger partial charge in [0.2, 0.25) is 0 Å². The molecule has 0 radical (unpaired) electrons. The molecule has 0 aromatic rings. The van der Waals surface area contributed by atoms with Crippen molar-refractivity contribution in [1.29, 1.82) is 0 Å². The first-order chi connectivity index (χ1) is 45.8.